The van der Waals surface area contributed by atoms with Crippen LogP contribution in [0.2, 0.25) is 0 Å². The summed E-state index contributed by atoms with van der Waals surface area (Å²) in [5, 5.41) is 0. The van der Waals surface area contributed by atoms with Gasteiger partial charge in [0.2, 0.25) is 0 Å². The van der Waals surface area contributed by atoms with Gasteiger partial charge in [0.1, 0.15) is 0 Å². The van der Waals surface area contributed by atoms with Gasteiger partial charge >= 0.3 is 0 Å². The number of nitrogens with zero attached hydrogens (tertiary/aromatic N) is 2. The van der Waals surface area contributed by atoms with Crippen LogP contribution in [-0.4, -0.2) is 31.4 Å². The lowest BCUT2D eigenvalue weighted by molar-refractivity contribution is 0.0570. The van der Waals surface area contributed by atoms with Gasteiger partial charge in [0, 0.05) is 24.5 Å². The van der Waals surface area contributed by atoms with Crippen LogP contribution < -0.4 is 5.48 Å². The van der Waals surface area contributed by atoms with Crippen LogP contribution in [0.3, 0.4) is 0 Å². The number of aryl methyl sites for hydroxylation is 1. The molecule has 0 atom stereocenters. The minimum Gasteiger partial charge on any atom is -0.283 e. The molecule has 18 heavy (non-hydrogen) atoms. The quantitative estimate of drug-likeness (QED) is 0.650. The minimum absolute atomic E-state index is 0.553. The molecule has 1 aromatic rings. The molecular formula is C14H19N3O. The van der Waals surface area contributed by atoms with E-state index in [9.17, 15) is 0 Å². The zero-order chi connectivity index (χ0) is 12.8. The predicted octanol–water partition coefficient (Wildman–Crippen LogP) is 1.87. The smallest absolute Gasteiger partial charge is 0.0996 e. The van der Waals surface area contributed by atoms with Gasteiger partial charge in [-0.1, -0.05) is 29.8 Å². The van der Waals surface area contributed by atoms with Gasteiger partial charge in [-0.25, -0.2) is 0 Å². The van der Waals surface area contributed by atoms with Gasteiger partial charge in [-0.2, -0.15) is 0 Å². The molecule has 1 aromatic carbocycles. The van der Waals surface area contributed by atoms with Crippen molar-refractivity contribution in [3.63, 3.8) is 0 Å². The molecule has 0 radical (unpaired) electrons. The standard InChI is InChI=1S/C14H19N3O/c1-12-3-5-13(6-4-12)10-18-16-8-14-7-15-11-17(2)9-14/h3-8,16H,9-11H2,1-2H3/b14-8-. The van der Waals surface area contributed by atoms with Crippen LogP contribution in [0.5, 0.6) is 0 Å². The van der Waals surface area contributed by atoms with Crippen molar-refractivity contribution in [2.45, 2.75) is 13.5 Å². The maximum Gasteiger partial charge on any atom is 0.0996 e. The van der Waals surface area contributed by atoms with Gasteiger partial charge in [-0.3, -0.25) is 20.2 Å². The van der Waals surface area contributed by atoms with Gasteiger partial charge in [-0.15, -0.1) is 0 Å². The normalized spacial score (nSPS) is 18.2. The van der Waals surface area contributed by atoms with E-state index in [-0.39, 0.29) is 0 Å². The number of hydroxylamine groups is 1. The van der Waals surface area contributed by atoms with Crippen LogP contribution in [-0.2, 0) is 11.4 Å². The summed E-state index contributed by atoms with van der Waals surface area (Å²) in [4.78, 5) is 11.7. The SMILES string of the molecule is Cc1ccc(CON/C=C2/C=NCN(C)C2)cc1. The van der Waals surface area contributed by atoms with E-state index < -0.39 is 0 Å². The van der Waals surface area contributed by atoms with Crippen LogP contribution in [0, 0.1) is 6.92 Å². The van der Waals surface area contributed by atoms with Crippen molar-refractivity contribution in [2.24, 2.45) is 4.99 Å². The minimum atomic E-state index is 0.553. The lowest BCUT2D eigenvalue weighted by Gasteiger charge is -2.18. The summed E-state index contributed by atoms with van der Waals surface area (Å²) in [5.74, 6) is 0. The zero-order valence-electron chi connectivity index (χ0n) is 10.9. The van der Waals surface area contributed by atoms with Crippen molar-refractivity contribution >= 4 is 6.21 Å². The molecule has 0 amide bonds. The molecule has 0 bridgehead atoms. The largest absolute Gasteiger partial charge is 0.283 e. The van der Waals surface area contributed by atoms with E-state index in [1.165, 1.54) is 5.56 Å². The lowest BCUT2D eigenvalue weighted by atomic mass is 10.2. The average molecular weight is 245 g/mol. The third-order valence-electron chi connectivity index (χ3n) is 2.72. The van der Waals surface area contributed by atoms with Crippen LogP contribution in [0.1, 0.15) is 11.1 Å². The Morgan fingerprint density at radius 1 is 1.39 bits per heavy atom. The molecule has 1 N–H and O–H groups in total. The summed E-state index contributed by atoms with van der Waals surface area (Å²) in [7, 11) is 2.04. The summed E-state index contributed by atoms with van der Waals surface area (Å²) in [5.41, 5.74) is 6.39. The first-order valence-electron chi connectivity index (χ1n) is 6.04. The van der Waals surface area contributed by atoms with Gasteiger partial charge in [-0.05, 0) is 19.5 Å². The monoisotopic (exact) mass is 245 g/mol. The highest BCUT2D eigenvalue weighted by atomic mass is 16.6. The first-order valence-corrected chi connectivity index (χ1v) is 6.04. The fraction of sp³-hybridized carbons (Fsp3) is 0.357. The molecular weight excluding hydrogens is 226 g/mol. The predicted molar refractivity (Wildman–Crippen MR) is 73.2 cm³/mol. The maximum absolute atomic E-state index is 5.39. The number of aliphatic imine (C=N–C) groups is 1. The third kappa shape index (κ3) is 3.98. The molecule has 0 unspecified atom stereocenters. The molecule has 0 aliphatic carbocycles. The van der Waals surface area contributed by atoms with Crippen LogP contribution in [0.4, 0.5) is 0 Å². The summed E-state index contributed by atoms with van der Waals surface area (Å²) in [6.07, 6.45) is 3.73. The van der Waals surface area contributed by atoms with Gasteiger partial charge in [0.05, 0.1) is 13.3 Å². The second kappa shape index (κ2) is 6.33. The van der Waals surface area contributed by atoms with Gasteiger partial charge in [0.25, 0.3) is 0 Å². The highest BCUT2D eigenvalue weighted by molar-refractivity contribution is 5.79. The highest BCUT2D eigenvalue weighted by Gasteiger charge is 2.04. The second-order valence-electron chi connectivity index (χ2n) is 4.58. The van der Waals surface area contributed by atoms with Crippen molar-refractivity contribution in [3.05, 3.63) is 47.2 Å². The van der Waals surface area contributed by atoms with Crippen molar-refractivity contribution < 1.29 is 4.84 Å². The Morgan fingerprint density at radius 2 is 2.17 bits per heavy atom. The van der Waals surface area contributed by atoms with E-state index in [0.717, 1.165) is 24.4 Å². The Hall–Kier alpha value is -1.65. The summed E-state index contributed by atoms with van der Waals surface area (Å²) >= 11 is 0. The number of hydrogen-bond acceptors (Lipinski definition) is 4. The molecule has 0 aromatic heterocycles. The average Bonchev–Trinajstić information content (AvgIpc) is 2.37. The lowest BCUT2D eigenvalue weighted by Crippen LogP contribution is -2.26. The third-order valence-corrected chi connectivity index (χ3v) is 2.72. The highest BCUT2D eigenvalue weighted by Crippen LogP contribution is 2.04. The molecule has 96 valence electrons. The van der Waals surface area contributed by atoms with E-state index in [1.54, 1.807) is 0 Å². The Balaban J connectivity index is 1.75. The molecule has 4 nitrogen and oxygen atoms in total. The van der Waals surface area contributed by atoms with Crippen molar-refractivity contribution in [1.29, 1.82) is 0 Å². The summed E-state index contributed by atoms with van der Waals surface area (Å²) in [6, 6.07) is 8.31. The molecule has 0 fully saturated rings. The number of nitrogens with one attached hydrogen (secondary N) is 1. The van der Waals surface area contributed by atoms with E-state index in [2.05, 4.69) is 46.6 Å². The molecule has 2 rings (SSSR count). The zero-order valence-corrected chi connectivity index (χ0v) is 10.9. The first-order chi connectivity index (χ1) is 8.74. The van der Waals surface area contributed by atoms with Crippen molar-refractivity contribution in [1.82, 2.24) is 10.4 Å². The van der Waals surface area contributed by atoms with Crippen molar-refractivity contribution in [2.75, 3.05) is 20.3 Å². The number of benzene rings is 1. The fourth-order valence-electron chi connectivity index (χ4n) is 1.71. The van der Waals surface area contributed by atoms with Gasteiger partial charge < -0.3 is 0 Å². The Morgan fingerprint density at radius 3 is 2.89 bits per heavy atom. The number of likely N-dealkylation sites (N-methyl/N-ethyl adjacent to an activating group) is 1. The molecule has 0 saturated heterocycles. The summed E-state index contributed by atoms with van der Waals surface area (Å²) in [6.45, 7) is 4.29. The Kier molecular flexibility index (Phi) is 4.50. The fourth-order valence-corrected chi connectivity index (χ4v) is 1.71. The number of hydrogen-bond donors (Lipinski definition) is 1. The topological polar surface area (TPSA) is 36.9 Å². The van der Waals surface area contributed by atoms with E-state index in [1.807, 2.05) is 19.5 Å². The maximum atomic E-state index is 5.39. The second-order valence-corrected chi connectivity index (χ2v) is 4.58. The number of rotatable bonds is 4. The molecule has 1 heterocycles. The van der Waals surface area contributed by atoms with Crippen LogP contribution in [0.25, 0.3) is 0 Å². The van der Waals surface area contributed by atoms with E-state index >= 15 is 0 Å². The van der Waals surface area contributed by atoms with Gasteiger partial charge in [0.15, 0.2) is 0 Å². The summed E-state index contributed by atoms with van der Waals surface area (Å²) < 4.78 is 0. The van der Waals surface area contributed by atoms with Crippen molar-refractivity contribution in [3.8, 4) is 0 Å². The Bertz CT molecular complexity index is 437. The Labute approximate surface area is 108 Å². The molecule has 1 aliphatic heterocycles. The molecule has 1 aliphatic rings. The van der Waals surface area contributed by atoms with E-state index in [0.29, 0.717) is 6.61 Å². The molecule has 0 spiro atoms. The van der Waals surface area contributed by atoms with Crippen LogP contribution in [0.15, 0.2) is 41.0 Å². The van der Waals surface area contributed by atoms with Crippen LogP contribution >= 0.6 is 0 Å². The molecule has 4 heteroatoms. The molecule has 0 saturated carbocycles. The van der Waals surface area contributed by atoms with E-state index in [4.69, 9.17) is 4.84 Å². The first kappa shape index (κ1) is 12.8.